The molecule has 4 heteroatoms. The quantitative estimate of drug-likeness (QED) is 0.630. The number of hydrogen-bond donors (Lipinski definition) is 0. The summed E-state index contributed by atoms with van der Waals surface area (Å²) in [6.07, 6.45) is 6.05. The van der Waals surface area contributed by atoms with Crippen molar-refractivity contribution in [1.29, 1.82) is 0 Å². The molecule has 1 aliphatic rings. The fraction of sp³-hybridized carbons (Fsp3) is 0.368. The molecule has 0 saturated carbocycles. The molecule has 23 heavy (non-hydrogen) atoms. The van der Waals surface area contributed by atoms with Gasteiger partial charge in [-0.1, -0.05) is 18.2 Å². The van der Waals surface area contributed by atoms with Crippen LogP contribution in [0, 0.1) is 6.92 Å². The minimum absolute atomic E-state index is 0.993. The van der Waals surface area contributed by atoms with Crippen molar-refractivity contribution in [2.24, 2.45) is 4.99 Å². The molecule has 0 bridgehead atoms. The molecular weight excluding hydrogens is 284 g/mol. The number of anilines is 1. The third kappa shape index (κ3) is 3.21. The smallest absolute Gasteiger partial charge is 0.122 e. The van der Waals surface area contributed by atoms with E-state index in [1.807, 2.05) is 26.2 Å². The minimum atomic E-state index is 0.993. The van der Waals surface area contributed by atoms with Gasteiger partial charge in [-0.3, -0.25) is 9.98 Å². The zero-order chi connectivity index (χ0) is 16.2. The number of aromatic nitrogens is 1. The summed E-state index contributed by atoms with van der Waals surface area (Å²) in [6, 6.07) is 8.65. The molecular formula is C19H24N4. The number of nitrogens with zero attached hydrogens (tertiary/aromatic N) is 4. The lowest BCUT2D eigenvalue weighted by Crippen LogP contribution is -2.48. The van der Waals surface area contributed by atoms with Crippen LogP contribution in [0.3, 0.4) is 0 Å². The van der Waals surface area contributed by atoms with Gasteiger partial charge in [-0.15, -0.1) is 0 Å². The van der Waals surface area contributed by atoms with Gasteiger partial charge >= 0.3 is 0 Å². The predicted molar refractivity (Wildman–Crippen MR) is 98.4 cm³/mol. The number of amidine groups is 1. The van der Waals surface area contributed by atoms with Crippen LogP contribution >= 0.6 is 0 Å². The Bertz CT molecular complexity index is 740. The number of aryl methyl sites for hydroxylation is 1. The average molecular weight is 308 g/mol. The average Bonchev–Trinajstić information content (AvgIpc) is 2.59. The van der Waals surface area contributed by atoms with E-state index in [0.717, 1.165) is 37.5 Å². The Balaban J connectivity index is 1.81. The monoisotopic (exact) mass is 308 g/mol. The molecule has 1 aromatic heterocycles. The third-order valence-electron chi connectivity index (χ3n) is 4.36. The van der Waals surface area contributed by atoms with Crippen LogP contribution in [-0.4, -0.2) is 48.9 Å². The van der Waals surface area contributed by atoms with Crippen molar-refractivity contribution in [2.45, 2.75) is 13.8 Å². The molecule has 0 radical (unpaired) electrons. The van der Waals surface area contributed by atoms with Crippen LogP contribution in [0.15, 0.2) is 47.6 Å². The van der Waals surface area contributed by atoms with E-state index in [2.05, 4.69) is 57.0 Å². The maximum Gasteiger partial charge on any atom is 0.122 e. The summed E-state index contributed by atoms with van der Waals surface area (Å²) < 4.78 is 0. The van der Waals surface area contributed by atoms with Gasteiger partial charge in [-0.2, -0.15) is 0 Å². The molecule has 120 valence electrons. The van der Waals surface area contributed by atoms with Crippen molar-refractivity contribution < 1.29 is 0 Å². The van der Waals surface area contributed by atoms with Crippen LogP contribution in [0.25, 0.3) is 10.9 Å². The predicted octanol–water partition coefficient (Wildman–Crippen LogP) is 3.27. The molecule has 0 N–H and O–H groups in total. The Morgan fingerprint density at radius 3 is 2.65 bits per heavy atom. The van der Waals surface area contributed by atoms with Gasteiger partial charge in [0.1, 0.15) is 5.84 Å². The zero-order valence-corrected chi connectivity index (χ0v) is 14.2. The van der Waals surface area contributed by atoms with Gasteiger partial charge in [0.15, 0.2) is 0 Å². The van der Waals surface area contributed by atoms with Gasteiger partial charge < -0.3 is 9.80 Å². The van der Waals surface area contributed by atoms with Crippen molar-refractivity contribution in [3.63, 3.8) is 0 Å². The summed E-state index contributed by atoms with van der Waals surface area (Å²) in [6.45, 7) is 8.14. The summed E-state index contributed by atoms with van der Waals surface area (Å²) in [5.41, 5.74) is 3.62. The highest BCUT2D eigenvalue weighted by molar-refractivity contribution is 5.94. The molecule has 1 aromatic carbocycles. The van der Waals surface area contributed by atoms with E-state index in [-0.39, 0.29) is 0 Å². The second kappa shape index (κ2) is 6.82. The lowest BCUT2D eigenvalue weighted by molar-refractivity contribution is 0.387. The molecule has 2 aromatic rings. The Morgan fingerprint density at radius 2 is 1.96 bits per heavy atom. The fourth-order valence-corrected chi connectivity index (χ4v) is 3.17. The van der Waals surface area contributed by atoms with Crippen molar-refractivity contribution in [1.82, 2.24) is 9.88 Å². The lowest BCUT2D eigenvalue weighted by atomic mass is 10.1. The molecule has 0 unspecified atom stereocenters. The summed E-state index contributed by atoms with van der Waals surface area (Å²) in [7, 11) is 1.86. The van der Waals surface area contributed by atoms with Crippen LogP contribution in [0.5, 0.6) is 0 Å². The second-order valence-electron chi connectivity index (χ2n) is 5.91. The van der Waals surface area contributed by atoms with Crippen molar-refractivity contribution in [2.75, 3.05) is 38.1 Å². The summed E-state index contributed by atoms with van der Waals surface area (Å²) in [5.74, 6) is 1.07. The van der Waals surface area contributed by atoms with Gasteiger partial charge in [-0.25, -0.2) is 0 Å². The van der Waals surface area contributed by atoms with Gasteiger partial charge in [0.05, 0.1) is 5.52 Å². The molecule has 0 amide bonds. The first-order valence-corrected chi connectivity index (χ1v) is 8.17. The topological polar surface area (TPSA) is 31.7 Å². The first-order chi connectivity index (χ1) is 11.2. The molecule has 4 nitrogen and oxygen atoms in total. The number of aliphatic imine (C=N–C) groups is 1. The molecule has 2 heterocycles. The third-order valence-corrected chi connectivity index (χ3v) is 4.36. The lowest BCUT2D eigenvalue weighted by Gasteiger charge is -2.37. The van der Waals surface area contributed by atoms with Gasteiger partial charge in [0.2, 0.25) is 0 Å². The molecule has 0 spiro atoms. The number of pyridine rings is 1. The van der Waals surface area contributed by atoms with Crippen LogP contribution in [0.2, 0.25) is 0 Å². The Kier molecular flexibility index (Phi) is 4.60. The van der Waals surface area contributed by atoms with E-state index in [4.69, 9.17) is 0 Å². The number of hydrogen-bond acceptors (Lipinski definition) is 3. The van der Waals surface area contributed by atoms with Crippen LogP contribution in [0.4, 0.5) is 5.69 Å². The molecule has 0 aliphatic carbocycles. The van der Waals surface area contributed by atoms with Gasteiger partial charge in [-0.05, 0) is 37.6 Å². The molecule has 3 rings (SSSR count). The maximum atomic E-state index is 4.51. The SMILES string of the molecule is C/C=C\C(=NC)N1CCN(c2ccnc3cc(C)ccc23)CC1. The van der Waals surface area contributed by atoms with Crippen LogP contribution in [-0.2, 0) is 0 Å². The molecule has 1 saturated heterocycles. The highest BCUT2D eigenvalue weighted by Gasteiger charge is 2.20. The molecule has 1 aliphatic heterocycles. The first-order valence-electron chi connectivity index (χ1n) is 8.17. The van der Waals surface area contributed by atoms with Crippen molar-refractivity contribution in [3.8, 4) is 0 Å². The highest BCUT2D eigenvalue weighted by atomic mass is 15.3. The summed E-state index contributed by atoms with van der Waals surface area (Å²) >= 11 is 0. The number of rotatable bonds is 2. The number of fused-ring (bicyclic) bond motifs is 1. The normalized spacial score (nSPS) is 16.6. The fourth-order valence-electron chi connectivity index (χ4n) is 3.17. The van der Waals surface area contributed by atoms with Crippen LogP contribution in [0.1, 0.15) is 12.5 Å². The zero-order valence-electron chi connectivity index (χ0n) is 14.2. The standard InChI is InChI=1S/C19H24N4/c1-4-5-19(20-3)23-12-10-22(11-13-23)18-8-9-21-17-14-15(2)6-7-16(17)18/h4-9,14H,10-13H2,1-3H3/b5-4-,20-19?. The number of allylic oxidation sites excluding steroid dienone is 1. The largest absolute Gasteiger partial charge is 0.367 e. The second-order valence-corrected chi connectivity index (χ2v) is 5.91. The Morgan fingerprint density at radius 1 is 1.17 bits per heavy atom. The van der Waals surface area contributed by atoms with E-state index < -0.39 is 0 Å². The summed E-state index contributed by atoms with van der Waals surface area (Å²) in [5, 5.41) is 1.24. The van der Waals surface area contributed by atoms with E-state index in [9.17, 15) is 0 Å². The van der Waals surface area contributed by atoms with Crippen molar-refractivity contribution >= 4 is 22.4 Å². The van der Waals surface area contributed by atoms with Gasteiger partial charge in [0, 0.05) is 50.5 Å². The Hall–Kier alpha value is -2.36. The van der Waals surface area contributed by atoms with E-state index in [0.29, 0.717) is 0 Å². The molecule has 0 atom stereocenters. The first kappa shape index (κ1) is 15.5. The minimum Gasteiger partial charge on any atom is -0.367 e. The maximum absolute atomic E-state index is 4.51. The number of benzene rings is 1. The Labute approximate surface area is 138 Å². The van der Waals surface area contributed by atoms with E-state index >= 15 is 0 Å². The van der Waals surface area contributed by atoms with Crippen molar-refractivity contribution in [3.05, 3.63) is 48.2 Å². The number of piperazine rings is 1. The van der Waals surface area contributed by atoms with Crippen LogP contribution < -0.4 is 4.90 Å². The molecule has 1 fully saturated rings. The summed E-state index contributed by atoms with van der Waals surface area (Å²) in [4.78, 5) is 13.7. The van der Waals surface area contributed by atoms with E-state index in [1.54, 1.807) is 0 Å². The van der Waals surface area contributed by atoms with E-state index in [1.165, 1.54) is 16.6 Å². The van der Waals surface area contributed by atoms with Gasteiger partial charge in [0.25, 0.3) is 0 Å². The highest BCUT2D eigenvalue weighted by Crippen LogP contribution is 2.27.